The van der Waals surface area contributed by atoms with Gasteiger partial charge in [0.1, 0.15) is 5.75 Å². The van der Waals surface area contributed by atoms with Crippen LogP contribution in [0, 0.1) is 17.8 Å². The number of aromatic hydroxyl groups is 1. The van der Waals surface area contributed by atoms with Gasteiger partial charge in [0.05, 0.1) is 0 Å². The lowest BCUT2D eigenvalue weighted by molar-refractivity contribution is 0.0541. The second-order valence-corrected chi connectivity index (χ2v) is 9.43. The molecule has 2 fully saturated rings. The van der Waals surface area contributed by atoms with Crippen molar-refractivity contribution < 1.29 is 5.11 Å². The summed E-state index contributed by atoms with van der Waals surface area (Å²) in [5, 5.41) is 18.6. The van der Waals surface area contributed by atoms with E-state index in [1.807, 2.05) is 6.07 Å². The lowest BCUT2D eigenvalue weighted by Crippen LogP contribution is -2.54. The Balaban J connectivity index is 1.49. The van der Waals surface area contributed by atoms with E-state index < -0.39 is 0 Å². The van der Waals surface area contributed by atoms with Crippen LogP contribution < -0.4 is 5.32 Å². The number of benzene rings is 1. The molecule has 2 unspecified atom stereocenters. The molecule has 2 bridgehead atoms. The van der Waals surface area contributed by atoms with Crippen LogP contribution in [0.2, 0.25) is 0 Å². The molecule has 2 aromatic rings. The zero-order valence-corrected chi connectivity index (χ0v) is 16.1. The highest BCUT2D eigenvalue weighted by atomic mass is 32.1. The van der Waals surface area contributed by atoms with Crippen molar-refractivity contribution in [2.75, 3.05) is 0 Å². The Labute approximate surface area is 155 Å². The van der Waals surface area contributed by atoms with Crippen molar-refractivity contribution in [2.24, 2.45) is 17.8 Å². The molecule has 0 radical (unpaired) electrons. The van der Waals surface area contributed by atoms with Gasteiger partial charge in [-0.25, -0.2) is 0 Å². The normalized spacial score (nSPS) is 31.8. The van der Waals surface area contributed by atoms with E-state index >= 15 is 0 Å². The Bertz CT molecular complexity index is 704. The number of nitrogens with one attached hydrogen (secondary N) is 1. The molecule has 1 heterocycles. The van der Waals surface area contributed by atoms with Crippen LogP contribution in [-0.4, -0.2) is 10.6 Å². The summed E-state index contributed by atoms with van der Waals surface area (Å²) in [6, 6.07) is 8.23. The van der Waals surface area contributed by atoms with Crippen molar-refractivity contribution in [3.05, 3.63) is 40.6 Å². The third-order valence-corrected chi connectivity index (χ3v) is 6.91. The largest absolute Gasteiger partial charge is 0.508 e. The SMILES string of the molecule is CC1CC2CC(C)CC(NCc3ccc(-c4ccsc4)cc3O)(C1)C2. The minimum atomic E-state index is 0.276. The lowest BCUT2D eigenvalue weighted by Gasteiger charge is -2.50. The van der Waals surface area contributed by atoms with Crippen LogP contribution in [0.25, 0.3) is 11.1 Å². The van der Waals surface area contributed by atoms with Crippen LogP contribution in [0.5, 0.6) is 5.75 Å². The molecule has 2 N–H and O–H groups in total. The van der Waals surface area contributed by atoms with Crippen LogP contribution in [0.1, 0.15) is 51.5 Å². The molecule has 3 heteroatoms. The summed E-state index contributed by atoms with van der Waals surface area (Å²) in [4.78, 5) is 0. The van der Waals surface area contributed by atoms with Gasteiger partial charge in [-0.15, -0.1) is 0 Å². The Morgan fingerprint density at radius 1 is 1.08 bits per heavy atom. The second-order valence-electron chi connectivity index (χ2n) is 8.65. The molecular weight excluding hydrogens is 326 g/mol. The van der Waals surface area contributed by atoms with E-state index in [9.17, 15) is 5.11 Å². The molecule has 134 valence electrons. The summed E-state index contributed by atoms with van der Waals surface area (Å²) in [5.74, 6) is 2.92. The molecule has 2 nitrogen and oxygen atoms in total. The minimum absolute atomic E-state index is 0.276. The van der Waals surface area contributed by atoms with E-state index in [0.29, 0.717) is 5.75 Å². The number of hydrogen-bond donors (Lipinski definition) is 2. The smallest absolute Gasteiger partial charge is 0.120 e. The molecular formula is C22H29NOS. The summed E-state index contributed by atoms with van der Waals surface area (Å²) >= 11 is 1.69. The van der Waals surface area contributed by atoms with Gasteiger partial charge >= 0.3 is 0 Å². The van der Waals surface area contributed by atoms with Crippen molar-refractivity contribution in [3.8, 4) is 16.9 Å². The molecule has 2 aliphatic carbocycles. The summed E-state index contributed by atoms with van der Waals surface area (Å²) in [6.45, 7) is 5.58. The molecule has 0 aliphatic heterocycles. The maximum Gasteiger partial charge on any atom is 0.120 e. The summed E-state index contributed by atoms with van der Waals surface area (Å²) in [7, 11) is 0. The van der Waals surface area contributed by atoms with Gasteiger partial charge in [-0.05, 0) is 83.9 Å². The molecule has 25 heavy (non-hydrogen) atoms. The van der Waals surface area contributed by atoms with Gasteiger partial charge in [0.25, 0.3) is 0 Å². The van der Waals surface area contributed by atoms with Gasteiger partial charge < -0.3 is 10.4 Å². The van der Waals surface area contributed by atoms with Crippen LogP contribution in [0.15, 0.2) is 35.0 Å². The van der Waals surface area contributed by atoms with Crippen molar-refractivity contribution >= 4 is 11.3 Å². The third kappa shape index (κ3) is 3.63. The van der Waals surface area contributed by atoms with Crippen molar-refractivity contribution in [1.82, 2.24) is 5.32 Å². The van der Waals surface area contributed by atoms with E-state index in [-0.39, 0.29) is 5.54 Å². The molecule has 2 aliphatic rings. The van der Waals surface area contributed by atoms with E-state index in [0.717, 1.165) is 35.4 Å². The molecule has 2 saturated carbocycles. The lowest BCUT2D eigenvalue weighted by atomic mass is 9.61. The first kappa shape index (κ1) is 17.1. The molecule has 0 spiro atoms. The molecule has 0 amide bonds. The Morgan fingerprint density at radius 2 is 1.84 bits per heavy atom. The predicted octanol–water partition coefficient (Wildman–Crippen LogP) is 5.82. The fourth-order valence-electron chi connectivity index (χ4n) is 5.53. The van der Waals surface area contributed by atoms with E-state index in [4.69, 9.17) is 0 Å². The number of fused-ring (bicyclic) bond motifs is 2. The van der Waals surface area contributed by atoms with Gasteiger partial charge in [-0.2, -0.15) is 11.3 Å². The molecule has 1 aromatic heterocycles. The standard InChI is InChI=1S/C22H29NOS/c1-15-7-17-8-16(2)11-22(10-15,12-17)23-13-19-4-3-18(9-21(19)24)20-5-6-25-14-20/h3-6,9,14-17,23-24H,7-8,10-13H2,1-2H3. The van der Waals surface area contributed by atoms with Crippen LogP contribution in [0.3, 0.4) is 0 Å². The summed E-state index contributed by atoms with van der Waals surface area (Å²) in [6.07, 6.45) is 6.67. The number of phenols is 1. The Hall–Kier alpha value is -1.32. The molecule has 4 rings (SSSR count). The second kappa shape index (κ2) is 6.77. The summed E-state index contributed by atoms with van der Waals surface area (Å²) < 4.78 is 0. The van der Waals surface area contributed by atoms with E-state index in [1.165, 1.54) is 37.7 Å². The van der Waals surface area contributed by atoms with E-state index in [1.54, 1.807) is 11.3 Å². The minimum Gasteiger partial charge on any atom is -0.508 e. The molecule has 2 atom stereocenters. The number of phenolic OH excluding ortho intramolecular Hbond substituents is 1. The highest BCUT2D eigenvalue weighted by Gasteiger charge is 2.43. The average Bonchev–Trinajstić information content (AvgIpc) is 3.06. The van der Waals surface area contributed by atoms with Crippen molar-refractivity contribution in [1.29, 1.82) is 0 Å². The van der Waals surface area contributed by atoms with Crippen LogP contribution >= 0.6 is 11.3 Å². The Kier molecular flexibility index (Phi) is 4.63. The maximum absolute atomic E-state index is 10.5. The van der Waals surface area contributed by atoms with Gasteiger partial charge in [-0.3, -0.25) is 0 Å². The molecule has 0 saturated heterocycles. The first-order valence-electron chi connectivity index (χ1n) is 9.62. The quantitative estimate of drug-likeness (QED) is 0.725. The van der Waals surface area contributed by atoms with E-state index in [2.05, 4.69) is 48.1 Å². The first-order chi connectivity index (χ1) is 12.0. The van der Waals surface area contributed by atoms with Crippen molar-refractivity contribution in [3.63, 3.8) is 0 Å². The zero-order valence-electron chi connectivity index (χ0n) is 15.3. The first-order valence-corrected chi connectivity index (χ1v) is 10.6. The van der Waals surface area contributed by atoms with Crippen LogP contribution in [0.4, 0.5) is 0 Å². The van der Waals surface area contributed by atoms with Crippen LogP contribution in [-0.2, 0) is 6.54 Å². The highest BCUT2D eigenvalue weighted by molar-refractivity contribution is 7.08. The topological polar surface area (TPSA) is 32.3 Å². The number of thiophene rings is 1. The monoisotopic (exact) mass is 355 g/mol. The fraction of sp³-hybridized carbons (Fsp3) is 0.545. The highest BCUT2D eigenvalue weighted by Crippen LogP contribution is 2.47. The Morgan fingerprint density at radius 3 is 2.48 bits per heavy atom. The van der Waals surface area contributed by atoms with Gasteiger partial charge in [0.2, 0.25) is 0 Å². The fourth-order valence-corrected chi connectivity index (χ4v) is 6.19. The van der Waals surface area contributed by atoms with Gasteiger partial charge in [-0.1, -0.05) is 26.0 Å². The average molecular weight is 356 g/mol. The zero-order chi connectivity index (χ0) is 17.4. The number of hydrogen-bond acceptors (Lipinski definition) is 3. The van der Waals surface area contributed by atoms with Gasteiger partial charge in [0.15, 0.2) is 0 Å². The maximum atomic E-state index is 10.5. The number of rotatable bonds is 4. The summed E-state index contributed by atoms with van der Waals surface area (Å²) in [5.41, 5.74) is 3.57. The molecule has 1 aromatic carbocycles. The third-order valence-electron chi connectivity index (χ3n) is 6.22. The van der Waals surface area contributed by atoms with Crippen molar-refractivity contribution in [2.45, 2.75) is 58.0 Å². The predicted molar refractivity (Wildman–Crippen MR) is 106 cm³/mol. The van der Waals surface area contributed by atoms with Gasteiger partial charge in [0, 0.05) is 17.6 Å².